The average molecular weight is 260 g/mol. The number of anilines is 1. The monoisotopic (exact) mass is 260 g/mol. The zero-order valence-electron chi connectivity index (χ0n) is 11.2. The first-order valence-corrected chi connectivity index (χ1v) is 6.95. The van der Waals surface area contributed by atoms with Gasteiger partial charge in [-0.25, -0.2) is 4.79 Å². The zero-order valence-corrected chi connectivity index (χ0v) is 11.2. The van der Waals surface area contributed by atoms with Crippen molar-refractivity contribution < 1.29 is 0 Å². The van der Waals surface area contributed by atoms with Crippen molar-refractivity contribution in [1.29, 1.82) is 0 Å². The summed E-state index contributed by atoms with van der Waals surface area (Å²) in [5.74, 6) is 0. The second-order valence-corrected chi connectivity index (χ2v) is 5.19. The van der Waals surface area contributed by atoms with Gasteiger partial charge in [0.25, 0.3) is 0 Å². The molecule has 0 atom stereocenters. The van der Waals surface area contributed by atoms with Crippen molar-refractivity contribution in [2.75, 3.05) is 25.0 Å². The fraction of sp³-hybridized carbons (Fsp3) is 0.500. The maximum Gasteiger partial charge on any atom is 0.323 e. The number of nitrogens with zero attached hydrogens (tertiary/aromatic N) is 1. The summed E-state index contributed by atoms with van der Waals surface area (Å²) >= 11 is 0. The van der Waals surface area contributed by atoms with Crippen molar-refractivity contribution in [3.63, 3.8) is 0 Å². The van der Waals surface area contributed by atoms with Crippen molar-refractivity contribution in [3.8, 4) is 0 Å². The zero-order chi connectivity index (χ0) is 13.2. The Kier molecular flexibility index (Phi) is 3.29. The number of rotatable bonds is 3. The van der Waals surface area contributed by atoms with Crippen LogP contribution < -0.4 is 11.0 Å². The van der Waals surface area contributed by atoms with E-state index in [2.05, 4.69) is 27.1 Å². The third-order valence-corrected chi connectivity index (χ3v) is 3.92. The minimum absolute atomic E-state index is 0.150. The minimum atomic E-state index is -0.150. The van der Waals surface area contributed by atoms with E-state index in [9.17, 15) is 4.79 Å². The second kappa shape index (κ2) is 5.09. The van der Waals surface area contributed by atoms with Crippen LogP contribution in [0.3, 0.4) is 0 Å². The van der Waals surface area contributed by atoms with Crippen LogP contribution in [-0.4, -0.2) is 40.5 Å². The lowest BCUT2D eigenvalue weighted by atomic mass is 10.0. The molecule has 5 nitrogen and oxygen atoms in total. The quantitative estimate of drug-likeness (QED) is 0.788. The molecular formula is C14H20N4O. The second-order valence-electron chi connectivity index (χ2n) is 5.19. The Morgan fingerprint density at radius 1 is 1.26 bits per heavy atom. The summed E-state index contributed by atoms with van der Waals surface area (Å²) in [5.41, 5.74) is 2.65. The number of nitrogens with one attached hydrogen (secondary N) is 3. The molecule has 1 aliphatic rings. The first-order chi connectivity index (χ1) is 9.24. The van der Waals surface area contributed by atoms with Crippen molar-refractivity contribution in [2.45, 2.75) is 25.8 Å². The fourth-order valence-electron chi connectivity index (χ4n) is 2.75. The Hall–Kier alpha value is -1.75. The molecule has 3 N–H and O–H groups in total. The number of imidazole rings is 1. The molecule has 0 spiro atoms. The number of piperidine rings is 1. The molecule has 1 saturated heterocycles. The Morgan fingerprint density at radius 3 is 2.74 bits per heavy atom. The van der Waals surface area contributed by atoms with E-state index in [-0.39, 0.29) is 5.69 Å². The van der Waals surface area contributed by atoms with Gasteiger partial charge in [-0.05, 0) is 37.6 Å². The van der Waals surface area contributed by atoms with Crippen LogP contribution in [0.4, 0.5) is 5.69 Å². The summed E-state index contributed by atoms with van der Waals surface area (Å²) in [7, 11) is 0. The highest BCUT2D eigenvalue weighted by Crippen LogP contribution is 2.19. The molecule has 2 aromatic rings. The first kappa shape index (κ1) is 12.3. The molecule has 1 aromatic carbocycles. The summed E-state index contributed by atoms with van der Waals surface area (Å²) in [6, 6.07) is 6.50. The topological polar surface area (TPSA) is 63.9 Å². The Morgan fingerprint density at radius 2 is 2.00 bits per heavy atom. The normalized spacial score (nSPS) is 17.9. The summed E-state index contributed by atoms with van der Waals surface area (Å²) in [6.07, 6.45) is 2.35. The van der Waals surface area contributed by atoms with E-state index in [4.69, 9.17) is 0 Å². The predicted octanol–water partition coefficient (Wildman–Crippen LogP) is 1.75. The van der Waals surface area contributed by atoms with Gasteiger partial charge in [0.15, 0.2) is 0 Å². The van der Waals surface area contributed by atoms with E-state index in [1.165, 1.54) is 12.8 Å². The van der Waals surface area contributed by atoms with Gasteiger partial charge in [-0.3, -0.25) is 0 Å². The van der Waals surface area contributed by atoms with Gasteiger partial charge in [0, 0.05) is 24.8 Å². The van der Waals surface area contributed by atoms with Crippen LogP contribution in [0.15, 0.2) is 23.0 Å². The minimum Gasteiger partial charge on any atom is -0.382 e. The molecule has 0 saturated carbocycles. The SMILES string of the molecule is CCN1CCC(Nc2ccc3[nH]c(=O)[nH]c3c2)CC1. The molecule has 5 heteroatoms. The number of likely N-dealkylation sites (tertiary alicyclic amines) is 1. The van der Waals surface area contributed by atoms with E-state index in [0.29, 0.717) is 6.04 Å². The summed E-state index contributed by atoms with van der Waals surface area (Å²) in [4.78, 5) is 19.2. The summed E-state index contributed by atoms with van der Waals surface area (Å²) in [6.45, 7) is 5.68. The van der Waals surface area contributed by atoms with Crippen molar-refractivity contribution in [2.24, 2.45) is 0 Å². The molecule has 3 rings (SSSR count). The van der Waals surface area contributed by atoms with E-state index in [1.807, 2.05) is 18.2 Å². The standard InChI is InChI=1S/C14H20N4O/c1-2-18-7-5-10(6-8-18)15-11-3-4-12-13(9-11)17-14(19)16-12/h3-4,9-10,15H,2,5-8H2,1H3,(H2,16,17,19). The molecule has 0 aliphatic carbocycles. The first-order valence-electron chi connectivity index (χ1n) is 6.95. The Balaban J connectivity index is 1.69. The fourth-order valence-corrected chi connectivity index (χ4v) is 2.75. The number of hydrogen-bond acceptors (Lipinski definition) is 3. The van der Waals surface area contributed by atoms with E-state index in [1.54, 1.807) is 0 Å². The van der Waals surface area contributed by atoms with Crippen molar-refractivity contribution in [3.05, 3.63) is 28.7 Å². The lowest BCUT2D eigenvalue weighted by Crippen LogP contribution is -2.38. The molecule has 1 aliphatic heterocycles. The van der Waals surface area contributed by atoms with E-state index >= 15 is 0 Å². The van der Waals surface area contributed by atoms with Crippen molar-refractivity contribution >= 4 is 16.7 Å². The molecule has 2 heterocycles. The molecule has 0 unspecified atom stereocenters. The third kappa shape index (κ3) is 2.66. The van der Waals surface area contributed by atoms with Gasteiger partial charge in [0.05, 0.1) is 11.0 Å². The Labute approximate surface area is 112 Å². The summed E-state index contributed by atoms with van der Waals surface area (Å²) in [5, 5.41) is 3.56. The highest BCUT2D eigenvalue weighted by Gasteiger charge is 2.17. The number of aromatic nitrogens is 2. The largest absolute Gasteiger partial charge is 0.382 e. The van der Waals surface area contributed by atoms with Gasteiger partial charge < -0.3 is 20.2 Å². The Bertz CT molecular complexity index is 607. The molecular weight excluding hydrogens is 240 g/mol. The maximum atomic E-state index is 11.2. The van der Waals surface area contributed by atoms with Gasteiger partial charge in [-0.2, -0.15) is 0 Å². The van der Waals surface area contributed by atoms with Gasteiger partial charge in [0.1, 0.15) is 0 Å². The smallest absolute Gasteiger partial charge is 0.323 e. The number of fused-ring (bicyclic) bond motifs is 1. The lowest BCUT2D eigenvalue weighted by Gasteiger charge is -2.32. The molecule has 1 fully saturated rings. The van der Waals surface area contributed by atoms with Crippen LogP contribution in [0.25, 0.3) is 11.0 Å². The molecule has 19 heavy (non-hydrogen) atoms. The van der Waals surface area contributed by atoms with Gasteiger partial charge in [-0.1, -0.05) is 6.92 Å². The predicted molar refractivity (Wildman–Crippen MR) is 77.7 cm³/mol. The highest BCUT2D eigenvalue weighted by molar-refractivity contribution is 5.78. The van der Waals surface area contributed by atoms with Crippen LogP contribution in [0.1, 0.15) is 19.8 Å². The van der Waals surface area contributed by atoms with Gasteiger partial charge >= 0.3 is 5.69 Å². The van der Waals surface area contributed by atoms with Crippen molar-refractivity contribution in [1.82, 2.24) is 14.9 Å². The van der Waals surface area contributed by atoms with Crippen LogP contribution in [0.5, 0.6) is 0 Å². The highest BCUT2D eigenvalue weighted by atomic mass is 16.1. The van der Waals surface area contributed by atoms with Crippen LogP contribution in [-0.2, 0) is 0 Å². The van der Waals surface area contributed by atoms with Gasteiger partial charge in [0.2, 0.25) is 0 Å². The van der Waals surface area contributed by atoms with E-state index in [0.717, 1.165) is 36.4 Å². The van der Waals surface area contributed by atoms with E-state index < -0.39 is 0 Å². The maximum absolute atomic E-state index is 11.2. The molecule has 102 valence electrons. The number of H-pyrrole nitrogens is 2. The van der Waals surface area contributed by atoms with Crippen LogP contribution in [0, 0.1) is 0 Å². The molecule has 0 amide bonds. The van der Waals surface area contributed by atoms with Crippen LogP contribution >= 0.6 is 0 Å². The molecule has 1 aromatic heterocycles. The number of aromatic amines is 2. The molecule has 0 bridgehead atoms. The third-order valence-electron chi connectivity index (χ3n) is 3.92. The molecule has 0 radical (unpaired) electrons. The number of hydrogen-bond donors (Lipinski definition) is 3. The van der Waals surface area contributed by atoms with Gasteiger partial charge in [-0.15, -0.1) is 0 Å². The van der Waals surface area contributed by atoms with Crippen LogP contribution in [0.2, 0.25) is 0 Å². The number of benzene rings is 1. The lowest BCUT2D eigenvalue weighted by molar-refractivity contribution is 0.229. The average Bonchev–Trinajstić information content (AvgIpc) is 2.79. The summed E-state index contributed by atoms with van der Waals surface area (Å²) < 4.78 is 0.